The summed E-state index contributed by atoms with van der Waals surface area (Å²) in [6.07, 6.45) is 9.85. The van der Waals surface area contributed by atoms with Crippen LogP contribution in [-0.2, 0) is 0 Å². The first-order chi connectivity index (χ1) is 6.11. The lowest BCUT2D eigenvalue weighted by Gasteiger charge is -2.15. The van der Waals surface area contributed by atoms with Crippen molar-refractivity contribution in [2.45, 2.75) is 45.1 Å². The molecule has 0 bridgehead atoms. The number of allylic oxidation sites excluding steroid dienone is 1. The Hall–Kier alpha value is -0.300. The van der Waals surface area contributed by atoms with E-state index in [0.29, 0.717) is 0 Å². The van der Waals surface area contributed by atoms with E-state index in [9.17, 15) is 0 Å². The van der Waals surface area contributed by atoms with Gasteiger partial charge in [-0.15, -0.1) is 0 Å². The van der Waals surface area contributed by atoms with E-state index in [1.54, 1.807) is 0 Å². The Morgan fingerprint density at radius 2 is 1.69 bits per heavy atom. The van der Waals surface area contributed by atoms with Crippen molar-refractivity contribution >= 4 is 0 Å². The van der Waals surface area contributed by atoms with E-state index in [1.165, 1.54) is 25.7 Å². The highest BCUT2D eigenvalue weighted by Gasteiger charge is 2.36. The van der Waals surface area contributed by atoms with Crippen LogP contribution in [0.15, 0.2) is 12.2 Å². The Morgan fingerprint density at radius 3 is 2.15 bits per heavy atom. The van der Waals surface area contributed by atoms with E-state index in [2.05, 4.69) is 26.0 Å². The summed E-state index contributed by atoms with van der Waals surface area (Å²) in [6, 6.07) is 0. The van der Waals surface area contributed by atoms with Crippen LogP contribution in [-0.4, -0.2) is 5.54 Å². The predicted octanol–water partition coefficient (Wildman–Crippen LogP) is 2.72. The van der Waals surface area contributed by atoms with Gasteiger partial charge in [0.05, 0.1) is 0 Å². The minimum atomic E-state index is 0.0992. The maximum atomic E-state index is 6.03. The van der Waals surface area contributed by atoms with Gasteiger partial charge in [0.1, 0.15) is 0 Å². The highest BCUT2D eigenvalue weighted by molar-refractivity contribution is 5.16. The number of hydrogen-bond donors (Lipinski definition) is 1. The second-order valence-corrected chi connectivity index (χ2v) is 5.20. The molecule has 74 valence electrons. The van der Waals surface area contributed by atoms with Crippen molar-refractivity contribution < 1.29 is 0 Å². The molecule has 1 heteroatoms. The molecule has 0 saturated heterocycles. The molecular formula is C12H21N. The highest BCUT2D eigenvalue weighted by atomic mass is 14.8. The molecule has 0 radical (unpaired) electrons. The molecule has 2 aliphatic carbocycles. The van der Waals surface area contributed by atoms with E-state index in [1.807, 2.05) is 0 Å². The van der Waals surface area contributed by atoms with Crippen LogP contribution in [0.4, 0.5) is 0 Å². The van der Waals surface area contributed by atoms with Crippen LogP contribution in [0.2, 0.25) is 0 Å². The summed E-state index contributed by atoms with van der Waals surface area (Å²) in [5, 5.41) is 0. The molecule has 2 N–H and O–H groups in total. The SMILES string of the molecule is CC1CCC(C)C1/C=C/C1(N)CC1. The molecule has 2 aliphatic rings. The highest BCUT2D eigenvalue weighted by Crippen LogP contribution is 2.40. The molecule has 1 nitrogen and oxygen atoms in total. The second-order valence-electron chi connectivity index (χ2n) is 5.20. The third-order valence-electron chi connectivity index (χ3n) is 3.87. The second kappa shape index (κ2) is 3.13. The van der Waals surface area contributed by atoms with Crippen molar-refractivity contribution in [3.05, 3.63) is 12.2 Å². The Morgan fingerprint density at radius 1 is 1.15 bits per heavy atom. The Labute approximate surface area is 81.4 Å². The van der Waals surface area contributed by atoms with Crippen molar-refractivity contribution in [3.63, 3.8) is 0 Å². The molecule has 0 spiro atoms. The van der Waals surface area contributed by atoms with E-state index in [-0.39, 0.29) is 5.54 Å². The summed E-state index contributed by atoms with van der Waals surface area (Å²) < 4.78 is 0. The third-order valence-corrected chi connectivity index (χ3v) is 3.87. The Kier molecular flexibility index (Phi) is 2.23. The van der Waals surface area contributed by atoms with Gasteiger partial charge in [-0.1, -0.05) is 26.0 Å². The smallest absolute Gasteiger partial charge is 0.0340 e. The molecule has 2 unspecified atom stereocenters. The van der Waals surface area contributed by atoms with Gasteiger partial charge in [-0.05, 0) is 43.4 Å². The fourth-order valence-corrected chi connectivity index (χ4v) is 2.46. The van der Waals surface area contributed by atoms with Crippen LogP contribution in [0.1, 0.15) is 39.5 Å². The van der Waals surface area contributed by atoms with Gasteiger partial charge in [0, 0.05) is 5.54 Å². The normalized spacial score (nSPS) is 42.8. The summed E-state index contributed by atoms with van der Waals surface area (Å²) >= 11 is 0. The van der Waals surface area contributed by atoms with Gasteiger partial charge in [-0.25, -0.2) is 0 Å². The summed E-state index contributed by atoms with van der Waals surface area (Å²) in [4.78, 5) is 0. The molecule has 0 aromatic carbocycles. The van der Waals surface area contributed by atoms with Crippen LogP contribution in [0.25, 0.3) is 0 Å². The minimum absolute atomic E-state index is 0.0992. The first kappa shape index (κ1) is 9.26. The molecule has 0 aromatic heterocycles. The summed E-state index contributed by atoms with van der Waals surface area (Å²) in [5.41, 5.74) is 6.13. The van der Waals surface area contributed by atoms with E-state index >= 15 is 0 Å². The van der Waals surface area contributed by atoms with Crippen molar-refractivity contribution in [2.24, 2.45) is 23.5 Å². The number of hydrogen-bond acceptors (Lipinski definition) is 1. The van der Waals surface area contributed by atoms with E-state index in [4.69, 9.17) is 5.73 Å². The van der Waals surface area contributed by atoms with Gasteiger partial charge in [-0.3, -0.25) is 0 Å². The molecule has 2 atom stereocenters. The first-order valence-electron chi connectivity index (χ1n) is 5.59. The van der Waals surface area contributed by atoms with Crippen LogP contribution in [0, 0.1) is 17.8 Å². The third kappa shape index (κ3) is 1.96. The maximum absolute atomic E-state index is 6.03. The summed E-state index contributed by atoms with van der Waals surface area (Å²) in [5.74, 6) is 2.53. The van der Waals surface area contributed by atoms with E-state index in [0.717, 1.165) is 17.8 Å². The monoisotopic (exact) mass is 179 g/mol. The van der Waals surface area contributed by atoms with Crippen LogP contribution in [0.3, 0.4) is 0 Å². The van der Waals surface area contributed by atoms with Crippen molar-refractivity contribution in [3.8, 4) is 0 Å². The number of rotatable bonds is 2. The quantitative estimate of drug-likeness (QED) is 0.648. The van der Waals surface area contributed by atoms with Gasteiger partial charge in [-0.2, -0.15) is 0 Å². The lowest BCUT2D eigenvalue weighted by molar-refractivity contribution is 0.424. The molecule has 0 heterocycles. The molecule has 13 heavy (non-hydrogen) atoms. The average Bonchev–Trinajstić information content (AvgIpc) is 2.72. The van der Waals surface area contributed by atoms with Crippen LogP contribution in [0.5, 0.6) is 0 Å². The molecule has 0 amide bonds. The topological polar surface area (TPSA) is 26.0 Å². The molecule has 0 aliphatic heterocycles. The summed E-state index contributed by atoms with van der Waals surface area (Å²) in [7, 11) is 0. The first-order valence-corrected chi connectivity index (χ1v) is 5.59. The van der Waals surface area contributed by atoms with Gasteiger partial charge >= 0.3 is 0 Å². The molecule has 0 aromatic rings. The molecule has 2 saturated carbocycles. The minimum Gasteiger partial charge on any atom is -0.322 e. The lowest BCUT2D eigenvalue weighted by Crippen LogP contribution is -2.19. The fourth-order valence-electron chi connectivity index (χ4n) is 2.46. The van der Waals surface area contributed by atoms with Crippen molar-refractivity contribution in [2.75, 3.05) is 0 Å². The zero-order chi connectivity index (χ0) is 9.47. The van der Waals surface area contributed by atoms with Gasteiger partial charge in [0.2, 0.25) is 0 Å². The lowest BCUT2D eigenvalue weighted by atomic mass is 9.90. The van der Waals surface area contributed by atoms with Gasteiger partial charge in [0.15, 0.2) is 0 Å². The van der Waals surface area contributed by atoms with Gasteiger partial charge < -0.3 is 5.73 Å². The predicted molar refractivity (Wildman–Crippen MR) is 56.3 cm³/mol. The standard InChI is InChI=1S/C12H21N/c1-9-3-4-10(2)11(9)5-6-12(13)7-8-12/h5-6,9-11H,3-4,7-8,13H2,1-2H3/b6-5+. The summed E-state index contributed by atoms with van der Waals surface area (Å²) in [6.45, 7) is 4.74. The zero-order valence-corrected chi connectivity index (χ0v) is 8.79. The Bertz CT molecular complexity index is 205. The van der Waals surface area contributed by atoms with Crippen molar-refractivity contribution in [1.82, 2.24) is 0 Å². The van der Waals surface area contributed by atoms with Crippen LogP contribution >= 0.6 is 0 Å². The molecule has 2 fully saturated rings. The Balaban J connectivity index is 1.96. The molecular weight excluding hydrogens is 158 g/mol. The zero-order valence-electron chi connectivity index (χ0n) is 8.79. The van der Waals surface area contributed by atoms with E-state index < -0.39 is 0 Å². The van der Waals surface area contributed by atoms with Gasteiger partial charge in [0.25, 0.3) is 0 Å². The molecule has 2 rings (SSSR count). The fraction of sp³-hybridized carbons (Fsp3) is 0.833. The largest absolute Gasteiger partial charge is 0.322 e. The van der Waals surface area contributed by atoms with Crippen molar-refractivity contribution in [1.29, 1.82) is 0 Å². The average molecular weight is 179 g/mol. The van der Waals surface area contributed by atoms with Crippen LogP contribution < -0.4 is 5.73 Å². The number of nitrogens with two attached hydrogens (primary N) is 1. The maximum Gasteiger partial charge on any atom is 0.0340 e.